The molecule has 0 aliphatic carbocycles. The lowest BCUT2D eigenvalue weighted by atomic mass is 9.95. The molecule has 0 bridgehead atoms. The summed E-state index contributed by atoms with van der Waals surface area (Å²) in [6, 6.07) is 19.7. The average Bonchev–Trinajstić information content (AvgIpc) is 3.08. The smallest absolute Gasteiger partial charge is 0.337 e. The van der Waals surface area contributed by atoms with Gasteiger partial charge in [0.2, 0.25) is 0 Å². The van der Waals surface area contributed by atoms with Gasteiger partial charge in [-0.2, -0.15) is 5.10 Å². The monoisotopic (exact) mass is 645 g/mol. The van der Waals surface area contributed by atoms with Crippen molar-refractivity contribution in [3.8, 4) is 17.2 Å². The third-order valence-corrected chi connectivity index (χ3v) is 7.46. The molecule has 4 N–H and O–H groups in total. The Bertz CT molecular complexity index is 1570. The third-order valence-electron chi connectivity index (χ3n) is 7.46. The van der Waals surface area contributed by atoms with E-state index in [1.54, 1.807) is 31.3 Å². The topological polar surface area (TPSA) is 143 Å². The first-order valence-corrected chi connectivity index (χ1v) is 15.6. The second-order valence-corrected chi connectivity index (χ2v) is 10.6. The number of anilines is 1. The summed E-state index contributed by atoms with van der Waals surface area (Å²) < 4.78 is 22.8. The minimum Gasteiger partial charge on any atom is -0.490 e. The SMILES string of the molecule is CCOc1cc([C@@H]2NC(=O)NC(C)=C2C(=O)OC)ccc1OC[C@@H](O)N/N=C/c1ccc(N(CC)CC)cc1OCc1ccccc1. The molecule has 0 aromatic heterocycles. The maximum Gasteiger partial charge on any atom is 0.337 e. The summed E-state index contributed by atoms with van der Waals surface area (Å²) in [4.78, 5) is 26.9. The lowest BCUT2D eigenvalue weighted by Gasteiger charge is -2.28. The molecule has 12 heteroatoms. The number of hydrogen-bond donors (Lipinski definition) is 4. The van der Waals surface area contributed by atoms with Crippen molar-refractivity contribution in [2.75, 3.05) is 38.3 Å². The van der Waals surface area contributed by atoms with E-state index in [2.05, 4.69) is 39.9 Å². The van der Waals surface area contributed by atoms with Crippen molar-refractivity contribution in [2.45, 2.75) is 46.6 Å². The Balaban J connectivity index is 1.44. The van der Waals surface area contributed by atoms with E-state index >= 15 is 0 Å². The standard InChI is InChI=1S/C35H43N5O7/c1-6-40(7-2)27-16-14-26(29(19-27)46-21-24-12-10-9-11-13-24)20-36-39-31(41)22-47-28-17-15-25(18-30(28)45-8-3)33-32(34(42)44-5)23(4)37-35(43)38-33/h9-20,31,33,39,41H,6-8,21-22H2,1-5H3,(H2,37,38,43)/b36-20+/t31-,33+/m1/s1. The molecule has 250 valence electrons. The van der Waals surface area contributed by atoms with Crippen LogP contribution >= 0.6 is 0 Å². The molecule has 1 aliphatic rings. The molecule has 0 unspecified atom stereocenters. The van der Waals surface area contributed by atoms with Crippen LogP contribution in [-0.2, 0) is 16.1 Å². The minimum absolute atomic E-state index is 0.147. The number of ether oxygens (including phenoxy) is 4. The van der Waals surface area contributed by atoms with E-state index in [1.165, 1.54) is 7.11 Å². The molecule has 3 aromatic carbocycles. The fourth-order valence-electron chi connectivity index (χ4n) is 5.09. The van der Waals surface area contributed by atoms with E-state index in [9.17, 15) is 14.7 Å². The number of methoxy groups -OCH3 is 1. The van der Waals surface area contributed by atoms with Crippen LogP contribution in [0, 0.1) is 0 Å². The molecule has 4 rings (SSSR count). The van der Waals surface area contributed by atoms with Crippen molar-refractivity contribution in [2.24, 2.45) is 5.10 Å². The summed E-state index contributed by atoms with van der Waals surface area (Å²) in [6.07, 6.45) is 0.446. The Hall–Kier alpha value is -5.23. The molecular weight excluding hydrogens is 602 g/mol. The van der Waals surface area contributed by atoms with Crippen molar-refractivity contribution in [3.63, 3.8) is 0 Å². The lowest BCUT2D eigenvalue weighted by Crippen LogP contribution is -2.45. The predicted molar refractivity (Wildman–Crippen MR) is 180 cm³/mol. The molecule has 2 atom stereocenters. The fraction of sp³-hybridized carbons (Fsp3) is 0.343. The van der Waals surface area contributed by atoms with Crippen LogP contribution in [-0.4, -0.2) is 63.0 Å². The molecule has 0 saturated carbocycles. The summed E-state index contributed by atoms with van der Waals surface area (Å²) in [5.74, 6) is 0.845. The maximum atomic E-state index is 12.5. The summed E-state index contributed by atoms with van der Waals surface area (Å²) >= 11 is 0. The molecule has 1 aliphatic heterocycles. The normalized spacial score (nSPS) is 15.0. The van der Waals surface area contributed by atoms with Crippen LogP contribution < -0.4 is 35.2 Å². The van der Waals surface area contributed by atoms with E-state index < -0.39 is 24.3 Å². The van der Waals surface area contributed by atoms with Gasteiger partial charge in [0.15, 0.2) is 17.7 Å². The number of urea groups is 1. The number of aliphatic hydroxyl groups is 1. The fourth-order valence-corrected chi connectivity index (χ4v) is 5.09. The molecule has 0 radical (unpaired) electrons. The van der Waals surface area contributed by atoms with Crippen LogP contribution in [0.25, 0.3) is 0 Å². The number of esters is 1. The highest BCUT2D eigenvalue weighted by Crippen LogP contribution is 2.35. The molecule has 1 heterocycles. The largest absolute Gasteiger partial charge is 0.490 e. The highest BCUT2D eigenvalue weighted by molar-refractivity contribution is 5.95. The lowest BCUT2D eigenvalue weighted by molar-refractivity contribution is -0.136. The zero-order valence-corrected chi connectivity index (χ0v) is 27.4. The first kappa shape index (κ1) is 34.6. The Labute approximate surface area is 275 Å². The van der Waals surface area contributed by atoms with E-state index in [0.717, 1.165) is 29.9 Å². The van der Waals surface area contributed by atoms with Gasteiger partial charge in [0.25, 0.3) is 0 Å². The van der Waals surface area contributed by atoms with Crippen LogP contribution in [0.2, 0.25) is 0 Å². The van der Waals surface area contributed by atoms with Crippen LogP contribution in [0.15, 0.2) is 83.1 Å². The number of hydrazone groups is 1. The van der Waals surface area contributed by atoms with Crippen molar-refractivity contribution in [3.05, 3.63) is 94.7 Å². The number of benzene rings is 3. The van der Waals surface area contributed by atoms with Crippen molar-refractivity contribution < 1.29 is 33.6 Å². The van der Waals surface area contributed by atoms with Gasteiger partial charge < -0.3 is 39.6 Å². The van der Waals surface area contributed by atoms with Crippen LogP contribution in [0.5, 0.6) is 17.2 Å². The van der Waals surface area contributed by atoms with Crippen molar-refractivity contribution in [1.29, 1.82) is 0 Å². The number of hydrogen-bond acceptors (Lipinski definition) is 10. The number of allylic oxidation sites excluding steroid dienone is 1. The van der Waals surface area contributed by atoms with E-state index in [-0.39, 0.29) is 12.2 Å². The van der Waals surface area contributed by atoms with Gasteiger partial charge in [0.1, 0.15) is 19.0 Å². The van der Waals surface area contributed by atoms with Crippen LogP contribution in [0.1, 0.15) is 50.4 Å². The van der Waals surface area contributed by atoms with Gasteiger partial charge in [-0.3, -0.25) is 5.43 Å². The second kappa shape index (κ2) is 16.9. The van der Waals surface area contributed by atoms with Gasteiger partial charge in [0.05, 0.1) is 31.5 Å². The quantitative estimate of drug-likeness (QED) is 0.0759. The van der Waals surface area contributed by atoms with E-state index in [1.807, 2.05) is 55.5 Å². The average molecular weight is 646 g/mol. The summed E-state index contributed by atoms with van der Waals surface area (Å²) in [5, 5.41) is 20.2. The molecular formula is C35H43N5O7. The Morgan fingerprint density at radius 1 is 1.00 bits per heavy atom. The summed E-state index contributed by atoms with van der Waals surface area (Å²) in [6.45, 7) is 9.99. The summed E-state index contributed by atoms with van der Waals surface area (Å²) in [5.41, 5.74) is 6.79. The number of nitrogens with one attached hydrogen (secondary N) is 3. The minimum atomic E-state index is -1.15. The third kappa shape index (κ3) is 9.17. The van der Waals surface area contributed by atoms with Crippen molar-refractivity contribution >= 4 is 23.9 Å². The maximum absolute atomic E-state index is 12.5. The molecule has 0 fully saturated rings. The predicted octanol–water partition coefficient (Wildman–Crippen LogP) is 4.63. The second-order valence-electron chi connectivity index (χ2n) is 10.6. The van der Waals surface area contributed by atoms with E-state index in [4.69, 9.17) is 18.9 Å². The zero-order chi connectivity index (χ0) is 33.8. The van der Waals surface area contributed by atoms with Crippen molar-refractivity contribution in [1.82, 2.24) is 16.1 Å². The number of aliphatic hydroxyl groups excluding tert-OH is 1. The molecule has 0 saturated heterocycles. The Morgan fingerprint density at radius 3 is 2.47 bits per heavy atom. The first-order valence-electron chi connectivity index (χ1n) is 15.6. The molecule has 0 spiro atoms. The first-order chi connectivity index (χ1) is 22.8. The van der Waals surface area contributed by atoms with Gasteiger partial charge in [-0.15, -0.1) is 0 Å². The van der Waals surface area contributed by atoms with Gasteiger partial charge >= 0.3 is 12.0 Å². The van der Waals surface area contributed by atoms with Gasteiger partial charge in [-0.25, -0.2) is 9.59 Å². The molecule has 2 amide bonds. The van der Waals surface area contributed by atoms with Gasteiger partial charge in [0, 0.05) is 36.1 Å². The zero-order valence-electron chi connectivity index (χ0n) is 27.4. The van der Waals surface area contributed by atoms with Gasteiger partial charge in [-0.05, 0) is 63.1 Å². The van der Waals surface area contributed by atoms with Gasteiger partial charge in [-0.1, -0.05) is 36.4 Å². The van der Waals surface area contributed by atoms with Crippen LogP contribution in [0.4, 0.5) is 10.5 Å². The number of amides is 2. The highest BCUT2D eigenvalue weighted by atomic mass is 16.5. The highest BCUT2D eigenvalue weighted by Gasteiger charge is 2.32. The van der Waals surface area contributed by atoms with E-state index in [0.29, 0.717) is 41.7 Å². The summed E-state index contributed by atoms with van der Waals surface area (Å²) in [7, 11) is 1.28. The molecule has 3 aromatic rings. The van der Waals surface area contributed by atoms with Crippen LogP contribution in [0.3, 0.4) is 0 Å². The molecule has 12 nitrogen and oxygen atoms in total. The Kier molecular flexibility index (Phi) is 12.5. The molecule has 47 heavy (non-hydrogen) atoms. The number of rotatable bonds is 16. The number of carbonyl (C=O) groups is 2. The number of carbonyl (C=O) groups excluding carboxylic acids is 2. The Morgan fingerprint density at radius 2 is 1.77 bits per heavy atom. The number of nitrogens with zero attached hydrogens (tertiary/aromatic N) is 2.